The van der Waals surface area contributed by atoms with Crippen LogP contribution in [0.1, 0.15) is 19.4 Å². The van der Waals surface area contributed by atoms with Crippen molar-refractivity contribution < 1.29 is 9.47 Å². The van der Waals surface area contributed by atoms with Gasteiger partial charge < -0.3 is 19.7 Å². The van der Waals surface area contributed by atoms with Gasteiger partial charge in [-0.1, -0.05) is 13.8 Å². The summed E-state index contributed by atoms with van der Waals surface area (Å²) in [7, 11) is 4.22. The summed E-state index contributed by atoms with van der Waals surface area (Å²) in [5, 5.41) is 3.54. The third-order valence-corrected chi connectivity index (χ3v) is 3.92. The zero-order chi connectivity index (χ0) is 15.5. The molecule has 1 aliphatic rings. The van der Waals surface area contributed by atoms with Gasteiger partial charge in [0.15, 0.2) is 11.5 Å². The molecule has 0 amide bonds. The average molecular weight is 357 g/mol. The molecule has 4 nitrogen and oxygen atoms in total. The number of hydrogen-bond acceptors (Lipinski definition) is 4. The molecule has 1 N–H and O–H groups in total. The SMILES string of the molecule is CN(C)CC(C)(C)CNCc1cc(Br)c2c(c1)OCCO2. The van der Waals surface area contributed by atoms with Crippen LogP contribution in [0.25, 0.3) is 0 Å². The molecule has 0 saturated heterocycles. The van der Waals surface area contributed by atoms with Crippen LogP contribution in [0.5, 0.6) is 11.5 Å². The fourth-order valence-corrected chi connectivity index (χ4v) is 3.33. The molecule has 2 rings (SSSR count). The number of benzene rings is 1. The molecule has 0 atom stereocenters. The normalized spacial score (nSPS) is 14.6. The van der Waals surface area contributed by atoms with Gasteiger partial charge in [-0.15, -0.1) is 0 Å². The first-order chi connectivity index (χ1) is 9.87. The molecule has 0 aromatic heterocycles. The van der Waals surface area contributed by atoms with Gasteiger partial charge in [-0.2, -0.15) is 0 Å². The Morgan fingerprint density at radius 2 is 1.95 bits per heavy atom. The van der Waals surface area contributed by atoms with Crippen molar-refractivity contribution in [1.29, 1.82) is 0 Å². The van der Waals surface area contributed by atoms with Gasteiger partial charge in [0.05, 0.1) is 4.47 Å². The maximum Gasteiger partial charge on any atom is 0.175 e. The highest BCUT2D eigenvalue weighted by Crippen LogP contribution is 2.38. The monoisotopic (exact) mass is 356 g/mol. The number of nitrogens with one attached hydrogen (secondary N) is 1. The average Bonchev–Trinajstić information content (AvgIpc) is 2.37. The first-order valence-corrected chi connectivity index (χ1v) is 8.10. The molecule has 21 heavy (non-hydrogen) atoms. The largest absolute Gasteiger partial charge is 0.486 e. The molecule has 1 heterocycles. The van der Waals surface area contributed by atoms with Crippen LogP contribution in [0, 0.1) is 5.41 Å². The van der Waals surface area contributed by atoms with Crippen molar-refractivity contribution in [1.82, 2.24) is 10.2 Å². The molecular formula is C16H25BrN2O2. The van der Waals surface area contributed by atoms with Crippen molar-refractivity contribution in [3.05, 3.63) is 22.2 Å². The first-order valence-electron chi connectivity index (χ1n) is 7.31. The lowest BCUT2D eigenvalue weighted by Gasteiger charge is -2.28. The summed E-state index contributed by atoms with van der Waals surface area (Å²) in [5.41, 5.74) is 1.45. The third-order valence-electron chi connectivity index (χ3n) is 3.33. The van der Waals surface area contributed by atoms with E-state index in [0.717, 1.165) is 35.6 Å². The minimum atomic E-state index is 0.245. The number of hydrogen-bond donors (Lipinski definition) is 1. The summed E-state index contributed by atoms with van der Waals surface area (Å²) in [6.07, 6.45) is 0. The number of ether oxygens (including phenoxy) is 2. The van der Waals surface area contributed by atoms with E-state index in [1.165, 1.54) is 5.56 Å². The minimum absolute atomic E-state index is 0.245. The Hall–Kier alpha value is -0.780. The summed E-state index contributed by atoms with van der Waals surface area (Å²) < 4.78 is 12.2. The van der Waals surface area contributed by atoms with E-state index in [1.807, 2.05) is 0 Å². The van der Waals surface area contributed by atoms with E-state index in [-0.39, 0.29) is 5.41 Å². The van der Waals surface area contributed by atoms with E-state index in [1.54, 1.807) is 0 Å². The van der Waals surface area contributed by atoms with Crippen molar-refractivity contribution >= 4 is 15.9 Å². The van der Waals surface area contributed by atoms with Gasteiger partial charge in [-0.05, 0) is 53.1 Å². The molecule has 118 valence electrons. The number of nitrogens with zero attached hydrogens (tertiary/aromatic N) is 1. The first kappa shape index (κ1) is 16.6. The van der Waals surface area contributed by atoms with E-state index in [9.17, 15) is 0 Å². The van der Waals surface area contributed by atoms with E-state index in [2.05, 4.69) is 66.2 Å². The summed E-state index contributed by atoms with van der Waals surface area (Å²) >= 11 is 3.56. The fourth-order valence-electron chi connectivity index (χ4n) is 2.72. The molecule has 0 spiro atoms. The van der Waals surface area contributed by atoms with Crippen molar-refractivity contribution in [2.24, 2.45) is 5.41 Å². The Labute approximate surface area is 135 Å². The number of rotatable bonds is 6. The van der Waals surface area contributed by atoms with Crippen LogP contribution >= 0.6 is 15.9 Å². The van der Waals surface area contributed by atoms with Crippen molar-refractivity contribution in [3.8, 4) is 11.5 Å². The smallest absolute Gasteiger partial charge is 0.175 e. The van der Waals surface area contributed by atoms with Gasteiger partial charge in [-0.3, -0.25) is 0 Å². The summed E-state index contributed by atoms with van der Waals surface area (Å²) in [6, 6.07) is 4.16. The zero-order valence-electron chi connectivity index (χ0n) is 13.3. The highest BCUT2D eigenvalue weighted by molar-refractivity contribution is 9.10. The van der Waals surface area contributed by atoms with Crippen LogP contribution < -0.4 is 14.8 Å². The van der Waals surface area contributed by atoms with Gasteiger partial charge in [0.25, 0.3) is 0 Å². The molecule has 0 aliphatic carbocycles. The van der Waals surface area contributed by atoms with Crippen LogP contribution in [0.15, 0.2) is 16.6 Å². The van der Waals surface area contributed by atoms with Crippen LogP contribution in [0.4, 0.5) is 0 Å². The Morgan fingerprint density at radius 3 is 2.67 bits per heavy atom. The van der Waals surface area contributed by atoms with Gasteiger partial charge in [0, 0.05) is 19.6 Å². The Bertz CT molecular complexity index is 489. The second kappa shape index (κ2) is 6.99. The Kier molecular flexibility index (Phi) is 5.52. The second-order valence-electron chi connectivity index (χ2n) is 6.61. The molecule has 1 aromatic carbocycles. The van der Waals surface area contributed by atoms with Crippen molar-refractivity contribution in [3.63, 3.8) is 0 Å². The molecular weight excluding hydrogens is 332 g/mol. The molecule has 1 aromatic rings. The van der Waals surface area contributed by atoms with E-state index in [4.69, 9.17) is 9.47 Å². The highest BCUT2D eigenvalue weighted by atomic mass is 79.9. The van der Waals surface area contributed by atoms with Crippen LogP contribution in [0.2, 0.25) is 0 Å². The topological polar surface area (TPSA) is 33.7 Å². The van der Waals surface area contributed by atoms with Crippen LogP contribution in [-0.2, 0) is 6.54 Å². The number of fused-ring (bicyclic) bond motifs is 1. The van der Waals surface area contributed by atoms with Gasteiger partial charge in [0.2, 0.25) is 0 Å². The van der Waals surface area contributed by atoms with Crippen molar-refractivity contribution in [2.75, 3.05) is 40.4 Å². The lowest BCUT2D eigenvalue weighted by atomic mass is 9.93. The van der Waals surface area contributed by atoms with Crippen molar-refractivity contribution in [2.45, 2.75) is 20.4 Å². The minimum Gasteiger partial charge on any atom is -0.486 e. The molecule has 0 bridgehead atoms. The molecule has 0 radical (unpaired) electrons. The van der Waals surface area contributed by atoms with Crippen LogP contribution in [-0.4, -0.2) is 45.3 Å². The van der Waals surface area contributed by atoms with Crippen LogP contribution in [0.3, 0.4) is 0 Å². The zero-order valence-corrected chi connectivity index (χ0v) is 14.9. The highest BCUT2D eigenvalue weighted by Gasteiger charge is 2.19. The Balaban J connectivity index is 1.93. The van der Waals surface area contributed by atoms with Gasteiger partial charge >= 0.3 is 0 Å². The fraction of sp³-hybridized carbons (Fsp3) is 0.625. The maximum atomic E-state index is 5.66. The van der Waals surface area contributed by atoms with E-state index >= 15 is 0 Å². The molecule has 0 unspecified atom stereocenters. The van der Waals surface area contributed by atoms with E-state index in [0.29, 0.717) is 13.2 Å². The second-order valence-corrected chi connectivity index (χ2v) is 7.46. The molecule has 1 aliphatic heterocycles. The van der Waals surface area contributed by atoms with Gasteiger partial charge in [-0.25, -0.2) is 0 Å². The molecule has 5 heteroatoms. The Morgan fingerprint density at radius 1 is 1.24 bits per heavy atom. The lowest BCUT2D eigenvalue weighted by Crippen LogP contribution is -2.37. The number of halogens is 1. The van der Waals surface area contributed by atoms with E-state index < -0.39 is 0 Å². The predicted molar refractivity (Wildman–Crippen MR) is 89.2 cm³/mol. The summed E-state index contributed by atoms with van der Waals surface area (Å²) in [4.78, 5) is 2.22. The molecule has 0 fully saturated rings. The third kappa shape index (κ3) is 4.87. The molecule has 0 saturated carbocycles. The quantitative estimate of drug-likeness (QED) is 0.849. The lowest BCUT2D eigenvalue weighted by molar-refractivity contribution is 0.170. The maximum absolute atomic E-state index is 5.66. The summed E-state index contributed by atoms with van der Waals surface area (Å²) in [5.74, 6) is 1.65. The summed E-state index contributed by atoms with van der Waals surface area (Å²) in [6.45, 7) is 8.64. The standard InChI is InChI=1S/C16H25BrN2O2/c1-16(2,11-19(3)4)10-18-9-12-7-13(17)15-14(8-12)20-5-6-21-15/h7-8,18H,5-6,9-11H2,1-4H3. The predicted octanol–water partition coefficient (Wildman–Crippen LogP) is 2.90. The van der Waals surface area contributed by atoms with Gasteiger partial charge in [0.1, 0.15) is 13.2 Å².